The number of hydrogen-bond acceptors (Lipinski definition) is 3. The molecular weight excluding hydrogens is 318 g/mol. The molecule has 128 valence electrons. The molecule has 0 aromatic heterocycles. The molecule has 1 aliphatic heterocycles. The molecule has 6 heteroatoms. The van der Waals surface area contributed by atoms with E-state index in [9.17, 15) is 14.4 Å². The van der Waals surface area contributed by atoms with Crippen molar-refractivity contribution in [3.63, 3.8) is 0 Å². The van der Waals surface area contributed by atoms with Crippen LogP contribution in [0.1, 0.15) is 22.3 Å². The highest BCUT2D eigenvalue weighted by Gasteiger charge is 2.35. The van der Waals surface area contributed by atoms with Crippen molar-refractivity contribution >= 4 is 29.1 Å². The maximum Gasteiger partial charge on any atom is 0.250 e. The number of hydrogen-bond donors (Lipinski definition) is 2. The first-order chi connectivity index (χ1) is 12.0. The molecule has 0 aliphatic carbocycles. The number of rotatable bonds is 4. The van der Waals surface area contributed by atoms with Crippen molar-refractivity contribution < 1.29 is 14.4 Å². The van der Waals surface area contributed by atoms with Crippen molar-refractivity contribution in [1.29, 1.82) is 0 Å². The number of nitrogens with two attached hydrogens (primary N) is 1. The van der Waals surface area contributed by atoms with Crippen LogP contribution in [-0.4, -0.2) is 24.3 Å². The molecule has 0 bridgehead atoms. The fourth-order valence-corrected chi connectivity index (χ4v) is 3.02. The Balaban J connectivity index is 1.76. The zero-order chi connectivity index (χ0) is 18.0. The Labute approximate surface area is 145 Å². The minimum Gasteiger partial charge on any atom is -0.366 e. The van der Waals surface area contributed by atoms with E-state index in [4.69, 9.17) is 5.73 Å². The zero-order valence-electron chi connectivity index (χ0n) is 13.9. The molecule has 0 saturated carbocycles. The van der Waals surface area contributed by atoms with E-state index < -0.39 is 11.8 Å². The number of aryl methyl sites for hydroxylation is 1. The summed E-state index contributed by atoms with van der Waals surface area (Å²) in [5, 5.41) is 2.72. The van der Waals surface area contributed by atoms with Gasteiger partial charge in [0.15, 0.2) is 0 Å². The monoisotopic (exact) mass is 337 g/mol. The molecule has 3 amide bonds. The average molecular weight is 337 g/mol. The van der Waals surface area contributed by atoms with Crippen molar-refractivity contribution in [3.8, 4) is 0 Å². The number of carbonyl (C=O) groups excluding carboxylic acids is 3. The van der Waals surface area contributed by atoms with Gasteiger partial charge in [-0.25, -0.2) is 0 Å². The van der Waals surface area contributed by atoms with Crippen LogP contribution in [-0.2, 0) is 9.59 Å². The second-order valence-electron chi connectivity index (χ2n) is 6.09. The molecule has 1 heterocycles. The third-order valence-corrected chi connectivity index (χ3v) is 4.35. The predicted octanol–water partition coefficient (Wildman–Crippen LogP) is 2.09. The lowest BCUT2D eigenvalue weighted by atomic mass is 10.1. The Morgan fingerprint density at radius 1 is 1.12 bits per heavy atom. The highest BCUT2D eigenvalue weighted by Crippen LogP contribution is 2.28. The second-order valence-corrected chi connectivity index (χ2v) is 6.09. The number of para-hydroxylation sites is 2. The Hall–Kier alpha value is -3.15. The molecule has 25 heavy (non-hydrogen) atoms. The number of carbonyl (C=O) groups is 3. The van der Waals surface area contributed by atoms with E-state index in [2.05, 4.69) is 5.32 Å². The number of benzene rings is 2. The Morgan fingerprint density at radius 2 is 1.80 bits per heavy atom. The van der Waals surface area contributed by atoms with Crippen molar-refractivity contribution in [2.24, 2.45) is 11.7 Å². The van der Waals surface area contributed by atoms with Gasteiger partial charge < -0.3 is 16.0 Å². The Kier molecular flexibility index (Phi) is 4.52. The summed E-state index contributed by atoms with van der Waals surface area (Å²) >= 11 is 0. The lowest BCUT2D eigenvalue weighted by Gasteiger charge is -2.19. The average Bonchev–Trinajstić information content (AvgIpc) is 2.97. The van der Waals surface area contributed by atoms with E-state index >= 15 is 0 Å². The van der Waals surface area contributed by atoms with Gasteiger partial charge in [0.25, 0.3) is 5.91 Å². The van der Waals surface area contributed by atoms with Crippen LogP contribution in [0.3, 0.4) is 0 Å². The first-order valence-electron chi connectivity index (χ1n) is 8.03. The first kappa shape index (κ1) is 16.7. The second kappa shape index (κ2) is 6.76. The van der Waals surface area contributed by atoms with Gasteiger partial charge in [-0.15, -0.1) is 0 Å². The van der Waals surface area contributed by atoms with Crippen molar-refractivity contribution in [2.75, 3.05) is 16.8 Å². The van der Waals surface area contributed by atoms with E-state index in [0.29, 0.717) is 12.2 Å². The normalized spacial score (nSPS) is 16.8. The largest absolute Gasteiger partial charge is 0.366 e. The lowest BCUT2D eigenvalue weighted by molar-refractivity contribution is -0.122. The summed E-state index contributed by atoms with van der Waals surface area (Å²) in [5.41, 5.74) is 7.74. The predicted molar refractivity (Wildman–Crippen MR) is 95.2 cm³/mol. The quantitative estimate of drug-likeness (QED) is 0.894. The molecule has 6 nitrogen and oxygen atoms in total. The number of anilines is 2. The first-order valence-corrected chi connectivity index (χ1v) is 8.03. The van der Waals surface area contributed by atoms with Crippen LogP contribution in [0.2, 0.25) is 0 Å². The SMILES string of the molecule is Cc1ccccc1N1C[C@H](C(=O)Nc2ccccc2C(N)=O)CC1=O. The lowest BCUT2D eigenvalue weighted by Crippen LogP contribution is -2.29. The van der Waals surface area contributed by atoms with Crippen LogP contribution in [0.15, 0.2) is 48.5 Å². The molecule has 1 fully saturated rings. The van der Waals surface area contributed by atoms with Gasteiger partial charge in [0.1, 0.15) is 0 Å². The van der Waals surface area contributed by atoms with Gasteiger partial charge in [0.2, 0.25) is 11.8 Å². The van der Waals surface area contributed by atoms with Crippen molar-refractivity contribution in [2.45, 2.75) is 13.3 Å². The van der Waals surface area contributed by atoms with Gasteiger partial charge in [-0.2, -0.15) is 0 Å². The number of primary amides is 1. The van der Waals surface area contributed by atoms with Crippen LogP contribution in [0, 0.1) is 12.8 Å². The van der Waals surface area contributed by atoms with E-state index in [1.165, 1.54) is 0 Å². The number of amides is 3. The number of nitrogens with one attached hydrogen (secondary N) is 1. The maximum atomic E-state index is 12.6. The van der Waals surface area contributed by atoms with Gasteiger partial charge in [-0.1, -0.05) is 30.3 Å². The zero-order valence-corrected chi connectivity index (χ0v) is 13.9. The van der Waals surface area contributed by atoms with Gasteiger partial charge in [-0.05, 0) is 30.7 Å². The van der Waals surface area contributed by atoms with Crippen LogP contribution < -0.4 is 16.0 Å². The van der Waals surface area contributed by atoms with E-state index in [1.807, 2.05) is 31.2 Å². The summed E-state index contributed by atoms with van der Waals surface area (Å²) in [4.78, 5) is 38.0. The highest BCUT2D eigenvalue weighted by atomic mass is 16.2. The minimum atomic E-state index is -0.611. The summed E-state index contributed by atoms with van der Waals surface area (Å²) in [6, 6.07) is 14.1. The molecule has 0 spiro atoms. The third kappa shape index (κ3) is 3.38. The molecule has 1 saturated heterocycles. The molecule has 2 aromatic rings. The van der Waals surface area contributed by atoms with Crippen LogP contribution >= 0.6 is 0 Å². The van der Waals surface area contributed by atoms with Crippen molar-refractivity contribution in [1.82, 2.24) is 0 Å². The topological polar surface area (TPSA) is 92.5 Å². The summed E-state index contributed by atoms with van der Waals surface area (Å²) < 4.78 is 0. The van der Waals surface area contributed by atoms with E-state index in [1.54, 1.807) is 29.2 Å². The highest BCUT2D eigenvalue weighted by molar-refractivity contribution is 6.07. The third-order valence-electron chi connectivity index (χ3n) is 4.35. The minimum absolute atomic E-state index is 0.0855. The van der Waals surface area contributed by atoms with Gasteiger partial charge in [0.05, 0.1) is 17.2 Å². The van der Waals surface area contributed by atoms with Gasteiger partial charge >= 0.3 is 0 Å². The number of nitrogens with zero attached hydrogens (tertiary/aromatic N) is 1. The van der Waals surface area contributed by atoms with Crippen molar-refractivity contribution in [3.05, 3.63) is 59.7 Å². The summed E-state index contributed by atoms with van der Waals surface area (Å²) in [5.74, 6) is -1.47. The molecule has 1 aliphatic rings. The molecule has 3 N–H and O–H groups in total. The molecule has 0 radical (unpaired) electrons. The fraction of sp³-hybridized carbons (Fsp3) is 0.211. The molecule has 1 atom stereocenters. The molecular formula is C19H19N3O3. The van der Waals surface area contributed by atoms with Gasteiger partial charge in [-0.3, -0.25) is 14.4 Å². The maximum absolute atomic E-state index is 12.6. The van der Waals surface area contributed by atoms with Crippen LogP contribution in [0.4, 0.5) is 11.4 Å². The standard InChI is InChI=1S/C19H19N3O3/c1-12-6-2-5-9-16(12)22-11-13(10-17(22)23)19(25)21-15-8-4-3-7-14(15)18(20)24/h2-9,13H,10-11H2,1H3,(H2,20,24)(H,21,25)/t13-/m1/s1. The van der Waals surface area contributed by atoms with Crippen LogP contribution in [0.5, 0.6) is 0 Å². The Morgan fingerprint density at radius 3 is 2.52 bits per heavy atom. The molecule has 0 unspecified atom stereocenters. The fourth-order valence-electron chi connectivity index (χ4n) is 3.02. The van der Waals surface area contributed by atoms with E-state index in [0.717, 1.165) is 11.3 Å². The Bertz CT molecular complexity index is 847. The smallest absolute Gasteiger partial charge is 0.250 e. The summed E-state index contributed by atoms with van der Waals surface area (Å²) in [6.07, 6.45) is 0.138. The van der Waals surface area contributed by atoms with Crippen LogP contribution in [0.25, 0.3) is 0 Å². The summed E-state index contributed by atoms with van der Waals surface area (Å²) in [7, 11) is 0. The molecule has 2 aromatic carbocycles. The molecule has 3 rings (SSSR count). The van der Waals surface area contributed by atoms with E-state index in [-0.39, 0.29) is 23.8 Å². The summed E-state index contributed by atoms with van der Waals surface area (Å²) in [6.45, 7) is 2.24. The van der Waals surface area contributed by atoms with Gasteiger partial charge in [0, 0.05) is 18.7 Å².